The summed E-state index contributed by atoms with van der Waals surface area (Å²) < 4.78 is 8.88. The molecule has 3 heterocycles. The zero-order chi connectivity index (χ0) is 11.0. The Kier molecular flexibility index (Phi) is 2.69. The van der Waals surface area contributed by atoms with Crippen LogP contribution in [0.2, 0.25) is 0 Å². The number of rotatable bonds is 1. The van der Waals surface area contributed by atoms with Gasteiger partial charge >= 0.3 is 0 Å². The molecule has 2 aromatic rings. The Balaban J connectivity index is 2.10. The van der Waals surface area contributed by atoms with Gasteiger partial charge < -0.3 is 9.30 Å². The third kappa shape index (κ3) is 1.66. The average Bonchev–Trinajstić information content (AvgIpc) is 2.66. The van der Waals surface area contributed by atoms with E-state index < -0.39 is 0 Å². The summed E-state index contributed by atoms with van der Waals surface area (Å²) in [7, 11) is 0. The van der Waals surface area contributed by atoms with Crippen LogP contribution in [0.15, 0.2) is 29.1 Å². The largest absolute Gasteiger partial charge is 0.381 e. The summed E-state index contributed by atoms with van der Waals surface area (Å²) in [5.74, 6) is 0. The third-order valence-corrected chi connectivity index (χ3v) is 3.76. The fourth-order valence-corrected chi connectivity index (χ4v) is 3.07. The molecule has 0 N–H and O–H groups in total. The molecule has 1 saturated heterocycles. The molecule has 0 spiro atoms. The molecule has 16 heavy (non-hydrogen) atoms. The summed E-state index contributed by atoms with van der Waals surface area (Å²) in [5, 5.41) is 1.24. The topological polar surface area (TPSA) is 27.1 Å². The minimum absolute atomic E-state index is 0.532. The molecule has 0 saturated carbocycles. The number of ether oxygens (including phenoxy) is 1. The lowest BCUT2D eigenvalue weighted by Crippen LogP contribution is -2.19. The highest BCUT2D eigenvalue weighted by Gasteiger charge is 2.19. The predicted octanol–water partition coefficient (Wildman–Crippen LogP) is 3.15. The number of hydrogen-bond acceptors (Lipinski definition) is 2. The Morgan fingerprint density at radius 2 is 2.19 bits per heavy atom. The maximum atomic E-state index is 5.41. The molecule has 0 unspecified atom stereocenters. The van der Waals surface area contributed by atoms with Gasteiger partial charge in [-0.25, -0.2) is 0 Å². The molecule has 0 atom stereocenters. The lowest BCUT2D eigenvalue weighted by Gasteiger charge is -2.25. The van der Waals surface area contributed by atoms with E-state index in [1.165, 1.54) is 10.9 Å². The molecular formula is C12H13BrN2O. The molecule has 0 bridgehead atoms. The van der Waals surface area contributed by atoms with Crippen LogP contribution in [0.1, 0.15) is 18.9 Å². The van der Waals surface area contributed by atoms with Gasteiger partial charge in [-0.3, -0.25) is 4.98 Å². The summed E-state index contributed by atoms with van der Waals surface area (Å²) in [5.41, 5.74) is 1.21. The minimum Gasteiger partial charge on any atom is -0.381 e. The van der Waals surface area contributed by atoms with Crippen LogP contribution in [-0.2, 0) is 4.74 Å². The van der Waals surface area contributed by atoms with Crippen LogP contribution in [0, 0.1) is 0 Å². The fourth-order valence-electron chi connectivity index (χ4n) is 2.35. The van der Waals surface area contributed by atoms with Gasteiger partial charge in [0, 0.05) is 30.8 Å². The van der Waals surface area contributed by atoms with Crippen LogP contribution in [0.3, 0.4) is 0 Å². The molecule has 4 heteroatoms. The van der Waals surface area contributed by atoms with Gasteiger partial charge in [-0.1, -0.05) is 0 Å². The number of hydrogen-bond donors (Lipinski definition) is 0. The second-order valence-corrected chi connectivity index (χ2v) is 4.93. The monoisotopic (exact) mass is 280 g/mol. The molecule has 2 aromatic heterocycles. The highest BCUT2D eigenvalue weighted by molar-refractivity contribution is 9.10. The van der Waals surface area contributed by atoms with Crippen molar-refractivity contribution in [3.63, 3.8) is 0 Å². The third-order valence-electron chi connectivity index (χ3n) is 3.15. The van der Waals surface area contributed by atoms with Gasteiger partial charge in [-0.15, -0.1) is 0 Å². The van der Waals surface area contributed by atoms with Crippen LogP contribution in [0.25, 0.3) is 10.9 Å². The maximum absolute atomic E-state index is 5.41. The van der Waals surface area contributed by atoms with Gasteiger partial charge in [0.25, 0.3) is 0 Å². The van der Waals surface area contributed by atoms with Crippen molar-refractivity contribution in [2.24, 2.45) is 0 Å². The first kappa shape index (κ1) is 10.3. The van der Waals surface area contributed by atoms with Gasteiger partial charge in [-0.05, 0) is 40.9 Å². The van der Waals surface area contributed by atoms with Crippen molar-refractivity contribution in [3.05, 3.63) is 29.1 Å². The van der Waals surface area contributed by atoms with E-state index in [1.807, 2.05) is 12.4 Å². The Morgan fingerprint density at radius 1 is 1.38 bits per heavy atom. The van der Waals surface area contributed by atoms with E-state index in [0.29, 0.717) is 6.04 Å². The van der Waals surface area contributed by atoms with E-state index >= 15 is 0 Å². The van der Waals surface area contributed by atoms with Crippen molar-refractivity contribution in [1.82, 2.24) is 9.55 Å². The molecule has 0 radical (unpaired) electrons. The zero-order valence-electron chi connectivity index (χ0n) is 8.90. The lowest BCUT2D eigenvalue weighted by molar-refractivity contribution is 0.0702. The van der Waals surface area contributed by atoms with Crippen molar-refractivity contribution in [2.45, 2.75) is 18.9 Å². The van der Waals surface area contributed by atoms with E-state index in [0.717, 1.165) is 30.7 Å². The van der Waals surface area contributed by atoms with Gasteiger partial charge in [0.15, 0.2) is 0 Å². The first-order valence-corrected chi connectivity index (χ1v) is 6.34. The molecule has 0 aromatic carbocycles. The van der Waals surface area contributed by atoms with E-state index in [9.17, 15) is 0 Å². The van der Waals surface area contributed by atoms with Gasteiger partial charge in [-0.2, -0.15) is 0 Å². The van der Waals surface area contributed by atoms with E-state index in [2.05, 4.69) is 37.6 Å². The summed E-state index contributed by atoms with van der Waals surface area (Å²) in [6, 6.07) is 4.74. The molecule has 3 rings (SSSR count). The standard InChI is InChI=1S/C12H13BrN2O/c13-12-7-9-1-4-14-8-11(9)15(12)10-2-5-16-6-3-10/h1,4,7-8,10H,2-3,5-6H2. The van der Waals surface area contributed by atoms with Crippen molar-refractivity contribution in [1.29, 1.82) is 0 Å². The van der Waals surface area contributed by atoms with Gasteiger partial charge in [0.2, 0.25) is 0 Å². The van der Waals surface area contributed by atoms with Gasteiger partial charge in [0.05, 0.1) is 16.3 Å². The molecule has 1 fully saturated rings. The summed E-state index contributed by atoms with van der Waals surface area (Å²) in [6.07, 6.45) is 5.94. The first-order valence-electron chi connectivity index (χ1n) is 5.54. The Labute approximate surface area is 103 Å². The van der Waals surface area contributed by atoms with Crippen LogP contribution in [0.5, 0.6) is 0 Å². The smallest absolute Gasteiger partial charge is 0.0860 e. The second-order valence-electron chi connectivity index (χ2n) is 4.12. The molecule has 1 aliphatic rings. The second kappa shape index (κ2) is 4.18. The first-order chi connectivity index (χ1) is 7.86. The van der Waals surface area contributed by atoms with Crippen LogP contribution in [0.4, 0.5) is 0 Å². The summed E-state index contributed by atoms with van der Waals surface area (Å²) in [4.78, 5) is 4.21. The highest BCUT2D eigenvalue weighted by atomic mass is 79.9. The fraction of sp³-hybridized carbons (Fsp3) is 0.417. The molecular weight excluding hydrogens is 268 g/mol. The Bertz CT molecular complexity index is 503. The molecule has 0 amide bonds. The number of fused-ring (bicyclic) bond motifs is 1. The van der Waals surface area contributed by atoms with Crippen molar-refractivity contribution < 1.29 is 4.74 Å². The zero-order valence-corrected chi connectivity index (χ0v) is 10.5. The van der Waals surface area contributed by atoms with Crippen LogP contribution in [-0.4, -0.2) is 22.8 Å². The quantitative estimate of drug-likeness (QED) is 0.803. The number of aromatic nitrogens is 2. The summed E-state index contributed by atoms with van der Waals surface area (Å²) in [6.45, 7) is 1.72. The van der Waals surface area contributed by atoms with E-state index in [4.69, 9.17) is 4.74 Å². The Morgan fingerprint density at radius 3 is 3.00 bits per heavy atom. The van der Waals surface area contributed by atoms with Gasteiger partial charge in [0.1, 0.15) is 0 Å². The molecule has 0 aliphatic carbocycles. The highest BCUT2D eigenvalue weighted by Crippen LogP contribution is 2.31. The van der Waals surface area contributed by atoms with Crippen LogP contribution < -0.4 is 0 Å². The predicted molar refractivity (Wildman–Crippen MR) is 66.5 cm³/mol. The molecule has 1 aliphatic heterocycles. The Hall–Kier alpha value is -0.870. The van der Waals surface area contributed by atoms with Crippen molar-refractivity contribution >= 4 is 26.8 Å². The number of nitrogens with zero attached hydrogens (tertiary/aromatic N) is 2. The molecule has 84 valence electrons. The number of halogens is 1. The minimum atomic E-state index is 0.532. The van der Waals surface area contributed by atoms with E-state index in [1.54, 1.807) is 0 Å². The summed E-state index contributed by atoms with van der Waals surface area (Å²) >= 11 is 3.64. The molecule has 3 nitrogen and oxygen atoms in total. The maximum Gasteiger partial charge on any atom is 0.0860 e. The SMILES string of the molecule is Brc1cc2ccncc2n1C1CCOCC1. The van der Waals surface area contributed by atoms with Crippen molar-refractivity contribution in [2.75, 3.05) is 13.2 Å². The normalized spacial score (nSPS) is 18.1. The number of pyridine rings is 1. The lowest BCUT2D eigenvalue weighted by atomic mass is 10.1. The van der Waals surface area contributed by atoms with E-state index in [-0.39, 0.29) is 0 Å². The van der Waals surface area contributed by atoms with Crippen LogP contribution >= 0.6 is 15.9 Å². The van der Waals surface area contributed by atoms with Crippen molar-refractivity contribution in [3.8, 4) is 0 Å². The average molecular weight is 281 g/mol.